The van der Waals surface area contributed by atoms with Gasteiger partial charge in [-0.1, -0.05) is 25.1 Å². The molecule has 136 valence electrons. The van der Waals surface area contributed by atoms with Crippen molar-refractivity contribution in [1.82, 2.24) is 14.3 Å². The van der Waals surface area contributed by atoms with Gasteiger partial charge in [0.25, 0.3) is 5.56 Å². The van der Waals surface area contributed by atoms with Crippen LogP contribution in [-0.4, -0.2) is 26.9 Å². The molecule has 0 aliphatic rings. The molecule has 0 saturated heterocycles. The van der Waals surface area contributed by atoms with Crippen molar-refractivity contribution in [1.29, 1.82) is 0 Å². The Bertz CT molecular complexity index is 1000. The summed E-state index contributed by atoms with van der Waals surface area (Å²) >= 11 is 0. The van der Waals surface area contributed by atoms with Crippen LogP contribution in [0.25, 0.3) is 16.5 Å². The van der Waals surface area contributed by atoms with Crippen molar-refractivity contribution in [3.63, 3.8) is 0 Å². The van der Waals surface area contributed by atoms with Gasteiger partial charge in [-0.05, 0) is 39.3 Å². The van der Waals surface area contributed by atoms with Gasteiger partial charge >= 0.3 is 5.97 Å². The normalized spacial score (nSPS) is 12.3. The second-order valence-electron chi connectivity index (χ2n) is 6.20. The standard InChI is InChI=1S/C20H23N3O3/c1-5-17(20(25)26-6-2)22-13(3)16-12-21-23(15-10-8-7-9-11-15)19(24)18(16)14(22)4/h7-12,17H,5-6H2,1-4H3. The van der Waals surface area contributed by atoms with Gasteiger partial charge in [0.1, 0.15) is 6.04 Å². The van der Waals surface area contributed by atoms with Gasteiger partial charge < -0.3 is 9.30 Å². The van der Waals surface area contributed by atoms with E-state index in [1.54, 1.807) is 13.1 Å². The van der Waals surface area contributed by atoms with Crippen LogP contribution in [0, 0.1) is 13.8 Å². The van der Waals surface area contributed by atoms with Gasteiger partial charge in [-0.15, -0.1) is 0 Å². The summed E-state index contributed by atoms with van der Waals surface area (Å²) in [5.41, 5.74) is 2.13. The van der Waals surface area contributed by atoms with Gasteiger partial charge in [0.15, 0.2) is 0 Å². The Hall–Kier alpha value is -2.89. The number of aryl methyl sites for hydroxylation is 2. The molecule has 0 spiro atoms. The summed E-state index contributed by atoms with van der Waals surface area (Å²) < 4.78 is 8.52. The smallest absolute Gasteiger partial charge is 0.329 e. The SMILES string of the molecule is CCOC(=O)C(CC)n1c(C)c2cnn(-c3ccccc3)c(=O)c2c1C. The Morgan fingerprint density at radius 3 is 2.46 bits per heavy atom. The zero-order valence-corrected chi connectivity index (χ0v) is 15.5. The summed E-state index contributed by atoms with van der Waals surface area (Å²) in [5, 5.41) is 5.69. The average molecular weight is 353 g/mol. The van der Waals surface area contributed by atoms with Gasteiger partial charge in [0.05, 0.1) is 23.9 Å². The largest absolute Gasteiger partial charge is 0.464 e. The first-order chi connectivity index (χ1) is 12.5. The number of hydrogen-bond acceptors (Lipinski definition) is 4. The molecule has 0 fully saturated rings. The molecule has 0 aliphatic heterocycles. The Morgan fingerprint density at radius 1 is 1.15 bits per heavy atom. The summed E-state index contributed by atoms with van der Waals surface area (Å²) in [6, 6.07) is 8.85. The van der Waals surface area contributed by atoms with Crippen LogP contribution in [0.5, 0.6) is 0 Å². The molecule has 0 N–H and O–H groups in total. The Labute approximate surface area is 152 Å². The lowest BCUT2D eigenvalue weighted by Gasteiger charge is -2.19. The summed E-state index contributed by atoms with van der Waals surface area (Å²) in [7, 11) is 0. The van der Waals surface area contributed by atoms with Crippen LogP contribution in [0.1, 0.15) is 37.7 Å². The fourth-order valence-electron chi connectivity index (χ4n) is 3.49. The highest BCUT2D eigenvalue weighted by Gasteiger charge is 2.26. The lowest BCUT2D eigenvalue weighted by Crippen LogP contribution is -2.24. The first-order valence-corrected chi connectivity index (χ1v) is 8.82. The number of aromatic nitrogens is 3. The monoisotopic (exact) mass is 353 g/mol. The molecule has 6 nitrogen and oxygen atoms in total. The molecule has 2 aromatic heterocycles. The summed E-state index contributed by atoms with van der Waals surface area (Å²) in [6.07, 6.45) is 2.28. The quantitative estimate of drug-likeness (QED) is 0.660. The van der Waals surface area contributed by atoms with E-state index in [1.165, 1.54) is 4.68 Å². The fourth-order valence-corrected chi connectivity index (χ4v) is 3.49. The van der Waals surface area contributed by atoms with E-state index in [1.807, 2.05) is 55.7 Å². The van der Waals surface area contributed by atoms with Crippen LogP contribution in [0.15, 0.2) is 41.3 Å². The number of carbonyl (C=O) groups excluding carboxylic acids is 1. The minimum Gasteiger partial charge on any atom is -0.464 e. The van der Waals surface area contributed by atoms with Crippen LogP contribution < -0.4 is 5.56 Å². The van der Waals surface area contributed by atoms with Crippen molar-refractivity contribution in [2.45, 2.75) is 40.2 Å². The predicted molar refractivity (Wildman–Crippen MR) is 101 cm³/mol. The molecule has 26 heavy (non-hydrogen) atoms. The fraction of sp³-hybridized carbons (Fsp3) is 0.350. The minimum atomic E-state index is -0.452. The first-order valence-electron chi connectivity index (χ1n) is 8.82. The number of ether oxygens (including phenoxy) is 1. The van der Waals surface area contributed by atoms with E-state index in [-0.39, 0.29) is 11.5 Å². The Balaban J connectivity index is 2.24. The third kappa shape index (κ3) is 2.81. The number of fused-ring (bicyclic) bond motifs is 1. The molecular formula is C20H23N3O3. The molecule has 0 saturated carbocycles. The molecule has 0 radical (unpaired) electrons. The third-order valence-corrected chi connectivity index (χ3v) is 4.71. The van der Waals surface area contributed by atoms with Gasteiger partial charge in [-0.2, -0.15) is 9.78 Å². The summed E-state index contributed by atoms with van der Waals surface area (Å²) in [4.78, 5) is 25.5. The Morgan fingerprint density at radius 2 is 1.85 bits per heavy atom. The van der Waals surface area contributed by atoms with Crippen molar-refractivity contribution >= 4 is 16.7 Å². The molecule has 0 aliphatic carbocycles. The van der Waals surface area contributed by atoms with E-state index in [2.05, 4.69) is 5.10 Å². The van der Waals surface area contributed by atoms with Gasteiger partial charge in [0.2, 0.25) is 0 Å². The average Bonchev–Trinajstić information content (AvgIpc) is 2.89. The van der Waals surface area contributed by atoms with Crippen molar-refractivity contribution < 1.29 is 9.53 Å². The molecule has 1 atom stereocenters. The van der Waals surface area contributed by atoms with Gasteiger partial charge in [-0.25, -0.2) is 4.79 Å². The highest BCUT2D eigenvalue weighted by Crippen LogP contribution is 2.28. The highest BCUT2D eigenvalue weighted by atomic mass is 16.5. The molecule has 3 rings (SSSR count). The van der Waals surface area contributed by atoms with Gasteiger partial charge in [-0.3, -0.25) is 4.79 Å². The maximum absolute atomic E-state index is 13.1. The van der Waals surface area contributed by atoms with E-state index in [4.69, 9.17) is 4.74 Å². The number of para-hydroxylation sites is 1. The Kier molecular flexibility index (Phi) is 4.93. The third-order valence-electron chi connectivity index (χ3n) is 4.71. The second-order valence-corrected chi connectivity index (χ2v) is 6.20. The minimum absolute atomic E-state index is 0.188. The molecule has 1 unspecified atom stereocenters. The lowest BCUT2D eigenvalue weighted by atomic mass is 10.2. The van der Waals surface area contributed by atoms with Crippen LogP contribution in [0.2, 0.25) is 0 Å². The maximum Gasteiger partial charge on any atom is 0.329 e. The number of hydrogen-bond donors (Lipinski definition) is 0. The highest BCUT2D eigenvalue weighted by molar-refractivity contribution is 5.88. The van der Waals surface area contributed by atoms with Crippen molar-refractivity contribution in [3.05, 3.63) is 58.3 Å². The molecule has 1 aromatic carbocycles. The molecule has 2 heterocycles. The molecular weight excluding hydrogens is 330 g/mol. The van der Waals surface area contributed by atoms with Crippen molar-refractivity contribution in [3.8, 4) is 5.69 Å². The molecule has 0 amide bonds. The summed E-state index contributed by atoms with van der Waals surface area (Å²) in [5.74, 6) is -0.280. The van der Waals surface area contributed by atoms with Crippen LogP contribution in [-0.2, 0) is 9.53 Å². The number of nitrogens with zero attached hydrogens (tertiary/aromatic N) is 3. The van der Waals surface area contributed by atoms with Crippen molar-refractivity contribution in [2.24, 2.45) is 0 Å². The first kappa shape index (κ1) is 17.9. The molecule has 0 bridgehead atoms. The number of rotatable bonds is 5. The zero-order chi connectivity index (χ0) is 18.8. The van der Waals surface area contributed by atoms with E-state index in [9.17, 15) is 9.59 Å². The van der Waals surface area contributed by atoms with E-state index >= 15 is 0 Å². The van der Waals surface area contributed by atoms with Crippen LogP contribution >= 0.6 is 0 Å². The number of esters is 1. The van der Waals surface area contributed by atoms with E-state index in [0.29, 0.717) is 24.1 Å². The lowest BCUT2D eigenvalue weighted by molar-refractivity contribution is -0.147. The molecule has 3 aromatic rings. The maximum atomic E-state index is 13.1. The van der Waals surface area contributed by atoms with E-state index in [0.717, 1.165) is 16.8 Å². The van der Waals surface area contributed by atoms with Crippen LogP contribution in [0.3, 0.4) is 0 Å². The predicted octanol–water partition coefficient (Wildman–Crippen LogP) is 3.32. The van der Waals surface area contributed by atoms with Crippen molar-refractivity contribution in [2.75, 3.05) is 6.61 Å². The molecule has 6 heteroatoms. The van der Waals surface area contributed by atoms with Gasteiger partial charge in [0, 0.05) is 16.8 Å². The zero-order valence-electron chi connectivity index (χ0n) is 15.5. The summed E-state index contributed by atoms with van der Waals surface area (Å²) in [6.45, 7) is 7.83. The number of carbonyl (C=O) groups is 1. The van der Waals surface area contributed by atoms with Crippen LogP contribution in [0.4, 0.5) is 0 Å². The topological polar surface area (TPSA) is 66.1 Å². The number of benzene rings is 1. The van der Waals surface area contributed by atoms with E-state index < -0.39 is 6.04 Å². The second kappa shape index (κ2) is 7.15.